The number of nitrogens with zero attached hydrogens (tertiary/aromatic N) is 1. The lowest BCUT2D eigenvalue weighted by atomic mass is 10.0. The number of hydrogen-bond acceptors (Lipinski definition) is 2. The van der Waals surface area contributed by atoms with E-state index in [1.54, 1.807) is 0 Å². The fraction of sp³-hybridized carbons (Fsp3) is 0.933. The van der Waals surface area contributed by atoms with Crippen LogP contribution in [0.5, 0.6) is 0 Å². The molecule has 0 spiro atoms. The lowest BCUT2D eigenvalue weighted by Crippen LogP contribution is -2.45. The average molecular weight is 517 g/mol. The highest BCUT2D eigenvalue weighted by Crippen LogP contribution is 2.51. The molecule has 0 radical (unpaired) electrons. The molecule has 2 atom stereocenters. The van der Waals surface area contributed by atoms with Crippen molar-refractivity contribution in [1.82, 2.24) is 0 Å². The molecule has 0 aromatic carbocycles. The average Bonchev–Trinajstić information content (AvgIpc) is 2.80. The molecule has 2 unspecified atom stereocenters. The van der Waals surface area contributed by atoms with E-state index in [4.69, 9.17) is 4.52 Å². The third-order valence-corrected chi connectivity index (χ3v) is 9.35. The summed E-state index contributed by atoms with van der Waals surface area (Å²) in [5.41, 5.74) is 0. The quantitative estimate of drug-likeness (QED) is 0.0538. The van der Waals surface area contributed by atoms with Gasteiger partial charge in [-0.3, -0.25) is 4.57 Å². The normalized spacial score (nSPS) is 15.0. The standard InChI is InChI=1S/C30H62NO3P/c1-6-8-9-10-11-12-13-14-15-16-17-18-19-20-21-22-23-24-25-26-27-29-34-35(32,33)30(28-7-2)31(3,4)5/h6,8,30H,7,9-29H2,1-5H3/p+1/b8-6-. The van der Waals surface area contributed by atoms with Crippen LogP contribution in [0.4, 0.5) is 0 Å². The van der Waals surface area contributed by atoms with E-state index >= 15 is 0 Å². The van der Waals surface area contributed by atoms with Crippen LogP contribution in [0.25, 0.3) is 0 Å². The van der Waals surface area contributed by atoms with Gasteiger partial charge in [0.2, 0.25) is 0 Å². The second kappa shape index (κ2) is 23.0. The first-order valence-corrected chi connectivity index (χ1v) is 16.8. The number of allylic oxidation sites excluding steroid dienone is 2. The maximum absolute atomic E-state index is 12.7. The lowest BCUT2D eigenvalue weighted by molar-refractivity contribution is -0.883. The molecule has 5 heteroatoms. The van der Waals surface area contributed by atoms with E-state index in [0.717, 1.165) is 25.7 Å². The largest absolute Gasteiger partial charge is 0.385 e. The molecule has 0 aromatic rings. The van der Waals surface area contributed by atoms with Crippen LogP contribution in [0.2, 0.25) is 0 Å². The van der Waals surface area contributed by atoms with Crippen molar-refractivity contribution < 1.29 is 18.5 Å². The van der Waals surface area contributed by atoms with Crippen molar-refractivity contribution in [2.24, 2.45) is 0 Å². The van der Waals surface area contributed by atoms with E-state index in [1.807, 2.05) is 21.1 Å². The first-order valence-electron chi connectivity index (χ1n) is 15.1. The third kappa shape index (κ3) is 21.6. The van der Waals surface area contributed by atoms with E-state index in [0.29, 0.717) is 11.1 Å². The summed E-state index contributed by atoms with van der Waals surface area (Å²) < 4.78 is 18.7. The van der Waals surface area contributed by atoms with Gasteiger partial charge in [0, 0.05) is 6.42 Å². The Kier molecular flexibility index (Phi) is 22.9. The van der Waals surface area contributed by atoms with Crippen LogP contribution in [0, 0.1) is 0 Å². The lowest BCUT2D eigenvalue weighted by Gasteiger charge is -2.35. The molecule has 0 fully saturated rings. The fourth-order valence-corrected chi connectivity index (χ4v) is 6.91. The zero-order chi connectivity index (χ0) is 26.3. The van der Waals surface area contributed by atoms with Crippen molar-refractivity contribution in [3.05, 3.63) is 12.2 Å². The summed E-state index contributed by atoms with van der Waals surface area (Å²) in [5.74, 6) is -0.333. The smallest absolute Gasteiger partial charge is 0.320 e. The number of quaternary nitrogens is 1. The maximum atomic E-state index is 12.7. The SMILES string of the molecule is C/C=C\CCCCCCCCCCCCCCCCCCCCOP(=O)(O)C(CCC)[N+](C)(C)C. The zero-order valence-corrected chi connectivity index (χ0v) is 25.3. The minimum atomic E-state index is -3.57. The summed E-state index contributed by atoms with van der Waals surface area (Å²) in [6, 6.07) is 0. The van der Waals surface area contributed by atoms with Crippen molar-refractivity contribution in [3.63, 3.8) is 0 Å². The molecule has 0 rings (SSSR count). The second-order valence-corrected chi connectivity index (χ2v) is 13.5. The number of hydrogen-bond donors (Lipinski definition) is 1. The van der Waals surface area contributed by atoms with Crippen molar-refractivity contribution in [3.8, 4) is 0 Å². The van der Waals surface area contributed by atoms with E-state index in [9.17, 15) is 9.46 Å². The third-order valence-electron chi connectivity index (χ3n) is 7.09. The molecule has 4 nitrogen and oxygen atoms in total. The Morgan fingerprint density at radius 3 is 1.43 bits per heavy atom. The van der Waals surface area contributed by atoms with Crippen molar-refractivity contribution in [1.29, 1.82) is 0 Å². The summed E-state index contributed by atoms with van der Waals surface area (Å²) in [5, 5.41) is 0. The molecule has 0 bridgehead atoms. The Bertz CT molecular complexity index is 530. The summed E-state index contributed by atoms with van der Waals surface area (Å²) in [6.07, 6.45) is 31.5. The van der Waals surface area contributed by atoms with Gasteiger partial charge in [0.25, 0.3) is 0 Å². The number of unbranched alkanes of at least 4 members (excludes halogenated alkanes) is 18. The Hall–Kier alpha value is -0.150. The predicted octanol–water partition coefficient (Wildman–Crippen LogP) is 10.0. The molecule has 0 heterocycles. The van der Waals surface area contributed by atoms with Gasteiger partial charge >= 0.3 is 7.60 Å². The molecule has 0 amide bonds. The molecule has 0 saturated heterocycles. The Balaban J connectivity index is 3.41. The van der Waals surface area contributed by atoms with Gasteiger partial charge in [-0.25, -0.2) is 0 Å². The minimum absolute atomic E-state index is 0.333. The molecule has 0 aliphatic heterocycles. The highest BCUT2D eigenvalue weighted by molar-refractivity contribution is 7.53. The van der Waals surface area contributed by atoms with Gasteiger partial charge in [-0.05, 0) is 32.6 Å². The predicted molar refractivity (Wildman–Crippen MR) is 155 cm³/mol. The van der Waals surface area contributed by atoms with Crippen molar-refractivity contribution in [2.45, 2.75) is 154 Å². The van der Waals surface area contributed by atoms with Crippen molar-refractivity contribution in [2.75, 3.05) is 27.7 Å². The minimum Gasteiger partial charge on any atom is -0.320 e. The first-order chi connectivity index (χ1) is 16.8. The van der Waals surface area contributed by atoms with Gasteiger partial charge in [0.05, 0.1) is 27.7 Å². The molecule has 0 saturated carbocycles. The molecular formula is C30H63NO3P+. The monoisotopic (exact) mass is 516 g/mol. The van der Waals surface area contributed by atoms with Crippen LogP contribution in [0.15, 0.2) is 12.2 Å². The van der Waals surface area contributed by atoms with Gasteiger partial charge in [0.15, 0.2) is 5.78 Å². The van der Waals surface area contributed by atoms with Crippen molar-refractivity contribution >= 4 is 7.60 Å². The van der Waals surface area contributed by atoms with E-state index in [2.05, 4.69) is 26.0 Å². The Labute approximate surface area is 220 Å². The van der Waals surface area contributed by atoms with Crippen LogP contribution in [0.1, 0.15) is 149 Å². The van der Waals surface area contributed by atoms with E-state index in [1.165, 1.54) is 109 Å². The molecule has 210 valence electrons. The summed E-state index contributed by atoms with van der Waals surface area (Å²) in [6.45, 7) is 4.57. The van der Waals surface area contributed by atoms with E-state index in [-0.39, 0.29) is 5.78 Å². The number of rotatable bonds is 26. The maximum Gasteiger partial charge on any atom is 0.385 e. The molecule has 0 aromatic heterocycles. The molecule has 1 N–H and O–H groups in total. The highest BCUT2D eigenvalue weighted by atomic mass is 31.2. The molecular weight excluding hydrogens is 453 g/mol. The molecule has 35 heavy (non-hydrogen) atoms. The zero-order valence-electron chi connectivity index (χ0n) is 24.4. The van der Waals surface area contributed by atoms with Crippen LogP contribution >= 0.6 is 7.60 Å². The summed E-state index contributed by atoms with van der Waals surface area (Å²) >= 11 is 0. The fourth-order valence-electron chi connectivity index (χ4n) is 4.89. The summed E-state index contributed by atoms with van der Waals surface area (Å²) in [7, 11) is 2.36. The Morgan fingerprint density at radius 2 is 1.09 bits per heavy atom. The van der Waals surface area contributed by atoms with Gasteiger partial charge in [-0.15, -0.1) is 0 Å². The van der Waals surface area contributed by atoms with Gasteiger partial charge in [0.1, 0.15) is 0 Å². The van der Waals surface area contributed by atoms with Crippen LogP contribution in [0.3, 0.4) is 0 Å². The van der Waals surface area contributed by atoms with Crippen LogP contribution in [-0.2, 0) is 9.09 Å². The van der Waals surface area contributed by atoms with Gasteiger partial charge in [-0.2, -0.15) is 0 Å². The molecule has 0 aliphatic carbocycles. The summed E-state index contributed by atoms with van der Waals surface area (Å²) in [4.78, 5) is 10.4. The van der Waals surface area contributed by atoms with Crippen LogP contribution in [-0.4, -0.2) is 42.9 Å². The molecule has 0 aliphatic rings. The second-order valence-electron chi connectivity index (χ2n) is 11.5. The topological polar surface area (TPSA) is 46.5 Å². The Morgan fingerprint density at radius 1 is 0.714 bits per heavy atom. The highest BCUT2D eigenvalue weighted by Gasteiger charge is 2.41. The van der Waals surface area contributed by atoms with Gasteiger partial charge < -0.3 is 13.9 Å². The van der Waals surface area contributed by atoms with Crippen LogP contribution < -0.4 is 0 Å². The van der Waals surface area contributed by atoms with Gasteiger partial charge in [-0.1, -0.05) is 122 Å². The van der Waals surface area contributed by atoms with E-state index < -0.39 is 7.60 Å². The first kappa shape index (κ1) is 34.9.